The van der Waals surface area contributed by atoms with Crippen LogP contribution in [0.2, 0.25) is 0 Å². The molecule has 266 valence electrons. The molecule has 0 saturated carbocycles. The van der Waals surface area contributed by atoms with Crippen molar-refractivity contribution in [1.82, 2.24) is 0 Å². The molecule has 2 aliphatic carbocycles. The summed E-state index contributed by atoms with van der Waals surface area (Å²) in [6.07, 6.45) is 0. The summed E-state index contributed by atoms with van der Waals surface area (Å²) in [6.45, 7) is 0. The largest absolute Gasteiger partial charge is 0.455 e. The van der Waals surface area contributed by atoms with Gasteiger partial charge >= 0.3 is 0 Å². The minimum absolute atomic E-state index is 0.434. The molecule has 0 aliphatic heterocycles. The minimum Gasteiger partial charge on any atom is -0.455 e. The summed E-state index contributed by atoms with van der Waals surface area (Å²) in [7, 11) is 0. The third kappa shape index (κ3) is 4.59. The lowest BCUT2D eigenvalue weighted by Crippen LogP contribution is -2.25. The van der Waals surface area contributed by atoms with Crippen LogP contribution in [0.4, 0.5) is 17.1 Å². The predicted octanol–water partition coefficient (Wildman–Crippen LogP) is 14.7. The number of anilines is 3. The van der Waals surface area contributed by atoms with Gasteiger partial charge in [-0.15, -0.1) is 0 Å². The van der Waals surface area contributed by atoms with Crippen molar-refractivity contribution in [2.24, 2.45) is 0 Å². The number of para-hydroxylation sites is 2. The first-order chi connectivity index (χ1) is 28.3. The van der Waals surface area contributed by atoms with Crippen LogP contribution in [-0.4, -0.2) is 0 Å². The molecule has 2 nitrogen and oxygen atoms in total. The van der Waals surface area contributed by atoms with Gasteiger partial charge in [-0.1, -0.05) is 164 Å². The molecule has 57 heavy (non-hydrogen) atoms. The zero-order valence-corrected chi connectivity index (χ0v) is 31.1. The van der Waals surface area contributed by atoms with Crippen LogP contribution in [0.3, 0.4) is 0 Å². The highest BCUT2D eigenvalue weighted by Crippen LogP contribution is 2.63. The van der Waals surface area contributed by atoms with Crippen LogP contribution in [0.25, 0.3) is 66.4 Å². The topological polar surface area (TPSA) is 16.4 Å². The fraction of sp³-hybridized carbons (Fsp3) is 0.0182. The summed E-state index contributed by atoms with van der Waals surface area (Å²) >= 11 is 0. The van der Waals surface area contributed by atoms with Gasteiger partial charge in [-0.25, -0.2) is 0 Å². The second kappa shape index (κ2) is 12.3. The molecule has 0 radical (unpaired) electrons. The summed E-state index contributed by atoms with van der Waals surface area (Å²) in [4.78, 5) is 2.37. The van der Waals surface area contributed by atoms with Crippen LogP contribution < -0.4 is 4.90 Å². The van der Waals surface area contributed by atoms with Crippen LogP contribution >= 0.6 is 0 Å². The Morgan fingerprint density at radius 3 is 1.49 bits per heavy atom. The summed E-state index contributed by atoms with van der Waals surface area (Å²) < 4.78 is 6.84. The lowest BCUT2D eigenvalue weighted by molar-refractivity contribution is 0.670. The van der Waals surface area contributed by atoms with Gasteiger partial charge in [0.05, 0.1) is 5.41 Å². The highest BCUT2D eigenvalue weighted by molar-refractivity contribution is 6.12. The molecular weight excluding hydrogens is 691 g/mol. The van der Waals surface area contributed by atoms with Crippen LogP contribution in [-0.2, 0) is 5.41 Å². The van der Waals surface area contributed by atoms with Gasteiger partial charge in [0, 0.05) is 33.4 Å². The highest BCUT2D eigenvalue weighted by atomic mass is 16.3. The van der Waals surface area contributed by atoms with Crippen molar-refractivity contribution in [2.45, 2.75) is 5.41 Å². The molecular formula is C55H35NO. The average molecular weight is 726 g/mol. The summed E-state index contributed by atoms with van der Waals surface area (Å²) in [5.74, 6) is 0. The monoisotopic (exact) mass is 725 g/mol. The Labute approximate surface area is 331 Å². The SMILES string of the molecule is c1ccc(-c2ccc(N(c3ccccc3)c3cc(-c4ccc5c(c4)C4(c6ccccc6-c6ccccc64)c4ccccc4-5)c4oc5ccccc5c4c3)cc2)cc1. The van der Waals surface area contributed by atoms with E-state index in [1.807, 2.05) is 0 Å². The number of rotatable bonds is 5. The average Bonchev–Trinajstić information content (AvgIpc) is 3.91. The van der Waals surface area contributed by atoms with E-state index < -0.39 is 5.41 Å². The molecule has 1 heterocycles. The number of hydrogen-bond donors (Lipinski definition) is 0. The van der Waals surface area contributed by atoms with E-state index >= 15 is 0 Å². The van der Waals surface area contributed by atoms with Crippen LogP contribution in [0, 0.1) is 0 Å². The van der Waals surface area contributed by atoms with Crippen molar-refractivity contribution in [3.05, 3.63) is 235 Å². The Hall–Kier alpha value is -7.42. The summed E-state index contributed by atoms with van der Waals surface area (Å²) in [5, 5.41) is 2.20. The van der Waals surface area contributed by atoms with Crippen molar-refractivity contribution in [2.75, 3.05) is 4.90 Å². The van der Waals surface area contributed by atoms with E-state index in [-0.39, 0.29) is 0 Å². The number of hydrogen-bond acceptors (Lipinski definition) is 2. The molecule has 10 aromatic rings. The molecule has 2 heteroatoms. The highest BCUT2D eigenvalue weighted by Gasteiger charge is 2.51. The van der Waals surface area contributed by atoms with Gasteiger partial charge in [0.15, 0.2) is 0 Å². The number of nitrogens with zero attached hydrogens (tertiary/aromatic N) is 1. The molecule has 9 aromatic carbocycles. The lowest BCUT2D eigenvalue weighted by atomic mass is 9.70. The first kappa shape index (κ1) is 31.9. The Morgan fingerprint density at radius 1 is 0.316 bits per heavy atom. The third-order valence-electron chi connectivity index (χ3n) is 12.3. The molecule has 1 spiro atoms. The second-order valence-corrected chi connectivity index (χ2v) is 15.2. The standard InChI is InChI=1S/C55H35NO/c1-3-15-36(16-4-1)37-27-30-40(31-28-37)56(39-17-5-2-6-18-39)41-34-47(54-48(35-41)46-22-10-14-26-53(46)57-54)38-29-32-45-44-21-9-13-25-51(44)55(52(45)33-38)49-23-11-7-19-42(49)43-20-8-12-24-50(43)55/h1-35H. The Bertz CT molecular complexity index is 3110. The molecule has 0 fully saturated rings. The predicted molar refractivity (Wildman–Crippen MR) is 236 cm³/mol. The van der Waals surface area contributed by atoms with Crippen LogP contribution in [0.15, 0.2) is 217 Å². The first-order valence-electron chi connectivity index (χ1n) is 19.7. The molecule has 0 unspecified atom stereocenters. The van der Waals surface area contributed by atoms with E-state index in [9.17, 15) is 0 Å². The minimum atomic E-state index is -0.434. The first-order valence-corrected chi connectivity index (χ1v) is 19.7. The Kier molecular flexibility index (Phi) is 6.88. The van der Waals surface area contributed by atoms with Crippen molar-refractivity contribution in [3.8, 4) is 44.5 Å². The second-order valence-electron chi connectivity index (χ2n) is 15.2. The Morgan fingerprint density at radius 2 is 0.825 bits per heavy atom. The maximum Gasteiger partial charge on any atom is 0.143 e. The van der Waals surface area contributed by atoms with E-state index in [1.54, 1.807) is 0 Å². The molecule has 1 aromatic heterocycles. The van der Waals surface area contributed by atoms with Crippen molar-refractivity contribution >= 4 is 39.0 Å². The fourth-order valence-corrected chi connectivity index (χ4v) is 9.88. The van der Waals surface area contributed by atoms with Crippen LogP contribution in [0.5, 0.6) is 0 Å². The maximum atomic E-state index is 6.84. The van der Waals surface area contributed by atoms with E-state index in [0.717, 1.165) is 50.1 Å². The number of furan rings is 1. The zero-order chi connectivity index (χ0) is 37.5. The van der Waals surface area contributed by atoms with E-state index in [0.29, 0.717) is 0 Å². The van der Waals surface area contributed by atoms with E-state index in [4.69, 9.17) is 4.42 Å². The van der Waals surface area contributed by atoms with Crippen molar-refractivity contribution in [1.29, 1.82) is 0 Å². The third-order valence-corrected chi connectivity index (χ3v) is 12.3. The summed E-state index contributed by atoms with van der Waals surface area (Å²) in [6, 6.07) is 77.3. The zero-order valence-electron chi connectivity index (χ0n) is 31.1. The molecule has 0 bridgehead atoms. The molecule has 0 saturated heterocycles. The van der Waals surface area contributed by atoms with Gasteiger partial charge in [0.1, 0.15) is 11.2 Å². The van der Waals surface area contributed by atoms with Gasteiger partial charge < -0.3 is 9.32 Å². The van der Waals surface area contributed by atoms with Gasteiger partial charge in [0.25, 0.3) is 0 Å². The molecule has 0 atom stereocenters. The molecule has 2 aliphatic rings. The maximum absolute atomic E-state index is 6.84. The van der Waals surface area contributed by atoms with Crippen molar-refractivity contribution in [3.63, 3.8) is 0 Å². The molecule has 12 rings (SSSR count). The number of fused-ring (bicyclic) bond motifs is 13. The lowest BCUT2D eigenvalue weighted by Gasteiger charge is -2.30. The number of benzene rings is 9. The Balaban J connectivity index is 1.11. The quantitative estimate of drug-likeness (QED) is 0.176. The van der Waals surface area contributed by atoms with E-state index in [1.165, 1.54) is 55.6 Å². The van der Waals surface area contributed by atoms with Gasteiger partial charge in [-0.3, -0.25) is 0 Å². The van der Waals surface area contributed by atoms with Gasteiger partial charge in [-0.05, 0) is 110 Å². The van der Waals surface area contributed by atoms with Crippen LogP contribution in [0.1, 0.15) is 22.3 Å². The van der Waals surface area contributed by atoms with Gasteiger partial charge in [0.2, 0.25) is 0 Å². The summed E-state index contributed by atoms with van der Waals surface area (Å²) in [5.41, 5.74) is 19.7. The normalized spacial score (nSPS) is 13.1. The van der Waals surface area contributed by atoms with E-state index in [2.05, 4.69) is 217 Å². The van der Waals surface area contributed by atoms with Crippen molar-refractivity contribution < 1.29 is 4.42 Å². The fourth-order valence-electron chi connectivity index (χ4n) is 9.88. The molecule has 0 amide bonds. The smallest absolute Gasteiger partial charge is 0.143 e. The molecule has 0 N–H and O–H groups in total. The van der Waals surface area contributed by atoms with Gasteiger partial charge in [-0.2, -0.15) is 0 Å².